The number of carbonyl (C=O) groups is 1. The van der Waals surface area contributed by atoms with Gasteiger partial charge in [-0.1, -0.05) is 51.5 Å². The van der Waals surface area contributed by atoms with Crippen molar-refractivity contribution in [3.63, 3.8) is 0 Å². The van der Waals surface area contributed by atoms with Gasteiger partial charge >= 0.3 is 5.97 Å². The minimum absolute atomic E-state index is 0.162. The molecule has 0 amide bonds. The minimum Gasteiger partial charge on any atom is -0.490 e. The van der Waals surface area contributed by atoms with Gasteiger partial charge in [-0.3, -0.25) is 5.41 Å². The zero-order valence-corrected chi connectivity index (χ0v) is 22.3. The summed E-state index contributed by atoms with van der Waals surface area (Å²) in [6.45, 7) is 8.29. The number of carbonyl (C=O) groups excluding carboxylic acids is 1. The Morgan fingerprint density at radius 1 is 1.03 bits per heavy atom. The maximum absolute atomic E-state index is 15.0. The van der Waals surface area contributed by atoms with Crippen molar-refractivity contribution < 1.29 is 18.7 Å². The Bertz CT molecular complexity index is 1090. The van der Waals surface area contributed by atoms with Gasteiger partial charge in [-0.05, 0) is 92.2 Å². The highest BCUT2D eigenvalue weighted by molar-refractivity contribution is 6.53. The lowest BCUT2D eigenvalue weighted by molar-refractivity contribution is -0.132. The van der Waals surface area contributed by atoms with E-state index in [9.17, 15) is 4.79 Å². The van der Waals surface area contributed by atoms with Crippen LogP contribution in [0.2, 0.25) is 0 Å². The SMILES string of the molecule is C/C=C(\C(=N)C(=O)OC)c1ccc(OC2CCCC2)c(-c2cccc(F)c2C2CCC2)c1.CC(C)C. The van der Waals surface area contributed by atoms with Crippen LogP contribution in [0.5, 0.6) is 5.75 Å². The van der Waals surface area contributed by atoms with Crippen molar-refractivity contribution in [1.29, 1.82) is 5.41 Å². The van der Waals surface area contributed by atoms with Crippen LogP contribution in [0, 0.1) is 17.1 Å². The van der Waals surface area contributed by atoms with Gasteiger partial charge < -0.3 is 9.47 Å². The summed E-state index contributed by atoms with van der Waals surface area (Å²) in [5.74, 6) is 0.903. The number of methoxy groups -OCH3 is 1. The number of hydrogen-bond donors (Lipinski definition) is 1. The lowest BCUT2D eigenvalue weighted by Gasteiger charge is -2.29. The molecule has 2 aromatic carbocycles. The van der Waals surface area contributed by atoms with Gasteiger partial charge in [-0.25, -0.2) is 9.18 Å². The van der Waals surface area contributed by atoms with Crippen LogP contribution >= 0.6 is 0 Å². The van der Waals surface area contributed by atoms with Gasteiger partial charge in [0.2, 0.25) is 0 Å². The summed E-state index contributed by atoms with van der Waals surface area (Å²) < 4.78 is 26.2. The number of ether oxygens (including phenoxy) is 2. The van der Waals surface area contributed by atoms with Crippen molar-refractivity contribution >= 4 is 17.3 Å². The summed E-state index contributed by atoms with van der Waals surface area (Å²) in [5, 5.41) is 8.25. The molecule has 0 spiro atoms. The normalized spacial score (nSPS) is 16.2. The van der Waals surface area contributed by atoms with E-state index in [1.807, 2.05) is 24.3 Å². The van der Waals surface area contributed by atoms with Gasteiger partial charge in [-0.15, -0.1) is 0 Å². The standard InChI is InChI=1S/C27H30FNO3.C4H10/c1-3-20(26(29)27(30)31-2)18-14-15-24(32-19-10-4-5-11-19)22(16-18)21-12-7-13-23(28)25(21)17-8-6-9-17;1-4(2)3/h3,7,12-17,19,29H,4-6,8-11H2,1-2H3;4H,1-3H3/b20-3-,29-26?;. The third-order valence-electron chi connectivity index (χ3n) is 6.69. The molecular weight excluding hydrogens is 453 g/mol. The fourth-order valence-corrected chi connectivity index (χ4v) is 4.75. The van der Waals surface area contributed by atoms with Crippen LogP contribution in [0.15, 0.2) is 42.5 Å². The fraction of sp³-hybridized carbons (Fsp3) is 0.484. The third kappa shape index (κ3) is 6.63. The van der Waals surface area contributed by atoms with Gasteiger partial charge in [0, 0.05) is 11.1 Å². The Morgan fingerprint density at radius 2 is 1.69 bits per heavy atom. The van der Waals surface area contributed by atoms with Crippen molar-refractivity contribution in [3.05, 3.63) is 59.4 Å². The van der Waals surface area contributed by atoms with E-state index in [0.29, 0.717) is 11.1 Å². The summed E-state index contributed by atoms with van der Waals surface area (Å²) in [7, 11) is 1.27. The quantitative estimate of drug-likeness (QED) is 0.311. The van der Waals surface area contributed by atoms with E-state index in [1.165, 1.54) is 13.2 Å². The third-order valence-corrected chi connectivity index (χ3v) is 6.69. The van der Waals surface area contributed by atoms with Crippen molar-refractivity contribution in [2.24, 2.45) is 5.92 Å². The van der Waals surface area contributed by atoms with Gasteiger partial charge in [0.15, 0.2) is 0 Å². The highest BCUT2D eigenvalue weighted by atomic mass is 19.1. The van der Waals surface area contributed by atoms with Gasteiger partial charge in [-0.2, -0.15) is 0 Å². The van der Waals surface area contributed by atoms with E-state index in [1.54, 1.807) is 19.1 Å². The van der Waals surface area contributed by atoms with E-state index in [-0.39, 0.29) is 23.6 Å². The molecule has 0 bridgehead atoms. The topological polar surface area (TPSA) is 59.4 Å². The second kappa shape index (κ2) is 12.8. The highest BCUT2D eigenvalue weighted by Gasteiger charge is 2.28. The molecule has 2 aromatic rings. The molecular formula is C31H40FNO3. The zero-order valence-electron chi connectivity index (χ0n) is 22.3. The molecule has 194 valence electrons. The van der Waals surface area contributed by atoms with Crippen LogP contribution in [0.4, 0.5) is 4.39 Å². The first-order valence-electron chi connectivity index (χ1n) is 13.2. The second-order valence-corrected chi connectivity index (χ2v) is 10.4. The Kier molecular flexibility index (Phi) is 9.86. The summed E-state index contributed by atoms with van der Waals surface area (Å²) in [6.07, 6.45) is 9.33. The van der Waals surface area contributed by atoms with Crippen molar-refractivity contribution in [1.82, 2.24) is 0 Å². The average Bonchev–Trinajstić information content (AvgIpc) is 3.32. The molecule has 5 heteroatoms. The van der Waals surface area contributed by atoms with E-state index in [4.69, 9.17) is 14.9 Å². The monoisotopic (exact) mass is 493 g/mol. The van der Waals surface area contributed by atoms with E-state index in [2.05, 4.69) is 20.8 Å². The minimum atomic E-state index is -0.688. The Balaban J connectivity index is 0.000000840. The Hall–Kier alpha value is -2.95. The predicted octanol–water partition coefficient (Wildman–Crippen LogP) is 8.34. The lowest BCUT2D eigenvalue weighted by Crippen LogP contribution is -2.17. The summed E-state index contributed by atoms with van der Waals surface area (Å²) >= 11 is 0. The molecule has 0 radical (unpaired) electrons. The van der Waals surface area contributed by atoms with Gasteiger partial charge in [0.25, 0.3) is 0 Å². The molecule has 2 aliphatic carbocycles. The van der Waals surface area contributed by atoms with Crippen LogP contribution < -0.4 is 4.74 Å². The molecule has 0 saturated heterocycles. The molecule has 2 fully saturated rings. The van der Waals surface area contributed by atoms with Crippen molar-refractivity contribution in [3.8, 4) is 16.9 Å². The van der Waals surface area contributed by atoms with Crippen molar-refractivity contribution in [2.45, 2.75) is 84.7 Å². The average molecular weight is 494 g/mol. The molecule has 2 aliphatic rings. The predicted molar refractivity (Wildman–Crippen MR) is 145 cm³/mol. The fourth-order valence-electron chi connectivity index (χ4n) is 4.75. The molecule has 0 aliphatic heterocycles. The number of rotatable bonds is 7. The molecule has 0 atom stereocenters. The second-order valence-electron chi connectivity index (χ2n) is 10.4. The Morgan fingerprint density at radius 3 is 2.25 bits per heavy atom. The molecule has 1 N–H and O–H groups in total. The summed E-state index contributed by atoms with van der Waals surface area (Å²) in [4.78, 5) is 12.0. The summed E-state index contributed by atoms with van der Waals surface area (Å²) in [5.41, 5.74) is 3.38. The maximum atomic E-state index is 15.0. The number of esters is 1. The first kappa shape index (κ1) is 27.6. The number of allylic oxidation sites excluding steroid dienone is 1. The van der Waals surface area contributed by atoms with E-state index < -0.39 is 5.97 Å². The highest BCUT2D eigenvalue weighted by Crippen LogP contribution is 2.45. The van der Waals surface area contributed by atoms with Crippen LogP contribution in [0.25, 0.3) is 16.7 Å². The van der Waals surface area contributed by atoms with E-state index >= 15 is 4.39 Å². The summed E-state index contributed by atoms with van der Waals surface area (Å²) in [6, 6.07) is 10.9. The number of nitrogens with one attached hydrogen (secondary N) is 1. The van der Waals surface area contributed by atoms with Crippen LogP contribution in [-0.4, -0.2) is 24.9 Å². The first-order valence-corrected chi connectivity index (χ1v) is 13.2. The van der Waals surface area contributed by atoms with Gasteiger partial charge in [0.1, 0.15) is 17.3 Å². The maximum Gasteiger partial charge on any atom is 0.356 e. The zero-order chi connectivity index (χ0) is 26.2. The number of benzene rings is 2. The van der Waals surface area contributed by atoms with Gasteiger partial charge in [0.05, 0.1) is 13.2 Å². The molecule has 4 nitrogen and oxygen atoms in total. The van der Waals surface area contributed by atoms with Crippen LogP contribution in [0.1, 0.15) is 89.7 Å². The Labute approximate surface area is 215 Å². The molecule has 2 saturated carbocycles. The largest absolute Gasteiger partial charge is 0.490 e. The van der Waals surface area contributed by atoms with Crippen LogP contribution in [-0.2, 0) is 9.53 Å². The molecule has 0 heterocycles. The molecule has 4 rings (SSSR count). The number of hydrogen-bond acceptors (Lipinski definition) is 4. The number of halogens is 1. The van der Waals surface area contributed by atoms with Crippen molar-refractivity contribution in [2.75, 3.05) is 7.11 Å². The van der Waals surface area contributed by atoms with E-state index in [0.717, 1.165) is 73.3 Å². The molecule has 0 aromatic heterocycles. The first-order chi connectivity index (χ1) is 17.3. The lowest BCUT2D eigenvalue weighted by atomic mass is 9.76. The molecule has 36 heavy (non-hydrogen) atoms. The van der Waals surface area contributed by atoms with Crippen LogP contribution in [0.3, 0.4) is 0 Å². The molecule has 0 unspecified atom stereocenters. The smallest absolute Gasteiger partial charge is 0.356 e.